The maximum Gasteiger partial charge on any atom is 0.240 e. The van der Waals surface area contributed by atoms with Crippen LogP contribution in [0.4, 0.5) is 5.69 Å². The molecule has 0 bridgehead atoms. The van der Waals surface area contributed by atoms with Crippen LogP contribution in [0.3, 0.4) is 0 Å². The van der Waals surface area contributed by atoms with Crippen molar-refractivity contribution in [3.8, 4) is 0 Å². The van der Waals surface area contributed by atoms with Crippen LogP contribution in [-0.4, -0.2) is 14.5 Å². The Bertz CT molecular complexity index is 1500. The molecular formula is C29H28N2O2S. The standard InChI is InChI=1S/C29H28N2O2S/c1-18(2)31-34(32,33)21-14-15-27-26(17-21)24-12-7-13-25(24)29(30-27)28-22-10-5-3-8-19(22)16-20-9-4-6-11-23(20)28/h3-12,14-18,24-25,29-31H,13H2,1-2H3. The Labute approximate surface area is 200 Å². The number of rotatable bonds is 4. The van der Waals surface area contributed by atoms with Crippen molar-refractivity contribution in [3.63, 3.8) is 0 Å². The summed E-state index contributed by atoms with van der Waals surface area (Å²) in [7, 11) is -3.55. The lowest BCUT2D eigenvalue weighted by atomic mass is 9.75. The minimum absolute atomic E-state index is 0.125. The molecule has 4 aromatic rings. The maximum atomic E-state index is 12.8. The third kappa shape index (κ3) is 3.42. The molecule has 0 spiro atoms. The Kier molecular flexibility index (Phi) is 5.01. The largest absolute Gasteiger partial charge is 0.378 e. The Balaban J connectivity index is 1.52. The van der Waals surface area contributed by atoms with E-state index in [1.807, 2.05) is 26.0 Å². The van der Waals surface area contributed by atoms with Crippen LogP contribution in [0.25, 0.3) is 21.5 Å². The molecule has 0 saturated heterocycles. The van der Waals surface area contributed by atoms with E-state index in [4.69, 9.17) is 0 Å². The molecule has 172 valence electrons. The van der Waals surface area contributed by atoms with Gasteiger partial charge in [-0.05, 0) is 83.1 Å². The van der Waals surface area contributed by atoms with Crippen LogP contribution in [-0.2, 0) is 10.0 Å². The number of hydrogen-bond acceptors (Lipinski definition) is 3. The average molecular weight is 469 g/mol. The van der Waals surface area contributed by atoms with Crippen molar-refractivity contribution < 1.29 is 8.42 Å². The molecule has 34 heavy (non-hydrogen) atoms. The molecule has 5 heteroatoms. The summed E-state index contributed by atoms with van der Waals surface area (Å²) >= 11 is 0. The molecule has 4 aromatic carbocycles. The summed E-state index contributed by atoms with van der Waals surface area (Å²) in [6.07, 6.45) is 5.47. The first-order valence-electron chi connectivity index (χ1n) is 11.9. The fraction of sp³-hybridized carbons (Fsp3) is 0.241. The highest BCUT2D eigenvalue weighted by Gasteiger charge is 2.39. The van der Waals surface area contributed by atoms with Gasteiger partial charge in [-0.3, -0.25) is 0 Å². The Morgan fingerprint density at radius 3 is 2.26 bits per heavy atom. The SMILES string of the molecule is CC(C)NS(=O)(=O)c1ccc2c(c1)C1C=CCC1C(c1c3ccccc3cc3ccccc13)N2. The summed E-state index contributed by atoms with van der Waals surface area (Å²) in [6, 6.07) is 25.0. The molecule has 1 aliphatic heterocycles. The van der Waals surface area contributed by atoms with Crippen molar-refractivity contribution in [1.29, 1.82) is 0 Å². The van der Waals surface area contributed by atoms with E-state index < -0.39 is 10.0 Å². The van der Waals surface area contributed by atoms with Gasteiger partial charge >= 0.3 is 0 Å². The molecule has 6 rings (SSSR count). The van der Waals surface area contributed by atoms with Crippen LogP contribution in [0, 0.1) is 5.92 Å². The van der Waals surface area contributed by atoms with Crippen molar-refractivity contribution in [3.05, 3.63) is 96.1 Å². The number of allylic oxidation sites excluding steroid dienone is 2. The van der Waals surface area contributed by atoms with Gasteiger partial charge in [-0.1, -0.05) is 60.7 Å². The number of benzene rings is 4. The molecule has 0 radical (unpaired) electrons. The highest BCUT2D eigenvalue weighted by Crippen LogP contribution is 2.52. The second kappa shape index (κ2) is 7.97. The fourth-order valence-corrected chi connectivity index (χ4v) is 7.07. The first kappa shape index (κ1) is 21.4. The van der Waals surface area contributed by atoms with Gasteiger partial charge in [-0.15, -0.1) is 0 Å². The summed E-state index contributed by atoms with van der Waals surface area (Å²) in [5, 5.41) is 8.86. The van der Waals surface area contributed by atoms with Crippen LogP contribution < -0.4 is 10.0 Å². The van der Waals surface area contributed by atoms with E-state index in [9.17, 15) is 8.42 Å². The number of fused-ring (bicyclic) bond motifs is 5. The Morgan fingerprint density at radius 1 is 0.912 bits per heavy atom. The summed E-state index contributed by atoms with van der Waals surface area (Å²) in [5.74, 6) is 0.492. The van der Waals surface area contributed by atoms with Gasteiger partial charge in [-0.2, -0.15) is 0 Å². The zero-order chi connectivity index (χ0) is 23.4. The second-order valence-electron chi connectivity index (χ2n) is 9.73. The first-order chi connectivity index (χ1) is 16.4. The van der Waals surface area contributed by atoms with Crippen LogP contribution in [0.1, 0.15) is 43.4 Å². The van der Waals surface area contributed by atoms with E-state index in [1.54, 1.807) is 6.07 Å². The molecule has 1 aliphatic carbocycles. The quantitative estimate of drug-likeness (QED) is 0.265. The molecule has 0 amide bonds. The van der Waals surface area contributed by atoms with Crippen LogP contribution in [0.15, 0.2) is 89.8 Å². The van der Waals surface area contributed by atoms with E-state index >= 15 is 0 Å². The predicted molar refractivity (Wildman–Crippen MR) is 140 cm³/mol. The first-order valence-corrected chi connectivity index (χ1v) is 13.4. The smallest absolute Gasteiger partial charge is 0.240 e. The minimum Gasteiger partial charge on any atom is -0.378 e. The molecule has 0 saturated carbocycles. The minimum atomic E-state index is -3.55. The third-order valence-corrected chi connectivity index (χ3v) is 8.82. The molecule has 0 fully saturated rings. The molecule has 2 N–H and O–H groups in total. The van der Waals surface area contributed by atoms with Crippen molar-refractivity contribution >= 4 is 37.3 Å². The van der Waals surface area contributed by atoms with Gasteiger partial charge in [0.05, 0.1) is 10.9 Å². The number of anilines is 1. The van der Waals surface area contributed by atoms with Crippen LogP contribution >= 0.6 is 0 Å². The van der Waals surface area contributed by atoms with Crippen LogP contribution in [0.2, 0.25) is 0 Å². The van der Waals surface area contributed by atoms with E-state index in [1.165, 1.54) is 27.1 Å². The molecule has 1 heterocycles. The van der Waals surface area contributed by atoms with Gasteiger partial charge in [0.25, 0.3) is 0 Å². The van der Waals surface area contributed by atoms with Gasteiger partial charge in [-0.25, -0.2) is 13.1 Å². The van der Waals surface area contributed by atoms with E-state index in [-0.39, 0.29) is 18.0 Å². The topological polar surface area (TPSA) is 58.2 Å². The average Bonchev–Trinajstić information content (AvgIpc) is 3.31. The lowest BCUT2D eigenvalue weighted by molar-refractivity contribution is 0.428. The summed E-state index contributed by atoms with van der Waals surface area (Å²) in [5.41, 5.74) is 3.40. The highest BCUT2D eigenvalue weighted by molar-refractivity contribution is 7.89. The monoisotopic (exact) mass is 468 g/mol. The van der Waals surface area contributed by atoms with Gasteiger partial charge in [0.2, 0.25) is 10.0 Å². The van der Waals surface area contributed by atoms with Crippen molar-refractivity contribution in [2.45, 2.75) is 43.2 Å². The third-order valence-electron chi connectivity index (χ3n) is 7.16. The molecule has 0 aromatic heterocycles. The number of nitrogens with one attached hydrogen (secondary N) is 2. The van der Waals surface area contributed by atoms with E-state index in [0.29, 0.717) is 10.8 Å². The zero-order valence-electron chi connectivity index (χ0n) is 19.3. The Hall–Kier alpha value is -3.15. The Morgan fingerprint density at radius 2 is 1.59 bits per heavy atom. The molecule has 2 aliphatic rings. The molecular weight excluding hydrogens is 440 g/mol. The summed E-state index contributed by atoms with van der Waals surface area (Å²) in [6.45, 7) is 3.68. The summed E-state index contributed by atoms with van der Waals surface area (Å²) in [4.78, 5) is 0.329. The molecule has 3 atom stereocenters. The van der Waals surface area contributed by atoms with E-state index in [2.05, 4.69) is 76.8 Å². The van der Waals surface area contributed by atoms with Gasteiger partial charge in [0.1, 0.15) is 0 Å². The van der Waals surface area contributed by atoms with Crippen molar-refractivity contribution in [2.24, 2.45) is 5.92 Å². The van der Waals surface area contributed by atoms with E-state index in [0.717, 1.165) is 17.7 Å². The van der Waals surface area contributed by atoms with Gasteiger partial charge in [0, 0.05) is 17.6 Å². The second-order valence-corrected chi connectivity index (χ2v) is 11.4. The van der Waals surface area contributed by atoms with Crippen molar-refractivity contribution in [1.82, 2.24) is 4.72 Å². The molecule has 4 nitrogen and oxygen atoms in total. The van der Waals surface area contributed by atoms with Gasteiger partial charge < -0.3 is 5.32 Å². The highest BCUT2D eigenvalue weighted by atomic mass is 32.2. The predicted octanol–water partition coefficient (Wildman–Crippen LogP) is 6.51. The van der Waals surface area contributed by atoms with Crippen LogP contribution in [0.5, 0.6) is 0 Å². The zero-order valence-corrected chi connectivity index (χ0v) is 20.1. The maximum absolute atomic E-state index is 12.8. The lowest BCUT2D eigenvalue weighted by Crippen LogP contribution is -2.32. The molecule has 3 unspecified atom stereocenters. The number of hydrogen-bond donors (Lipinski definition) is 2. The van der Waals surface area contributed by atoms with Crippen molar-refractivity contribution in [2.75, 3.05) is 5.32 Å². The summed E-state index contributed by atoms with van der Waals surface area (Å²) < 4.78 is 28.4. The fourth-order valence-electron chi connectivity index (χ4n) is 5.79. The number of sulfonamides is 1. The lowest BCUT2D eigenvalue weighted by Gasteiger charge is -2.38. The normalized spacial score (nSPS) is 21.6. The van der Waals surface area contributed by atoms with Gasteiger partial charge in [0.15, 0.2) is 0 Å².